The Labute approximate surface area is 184 Å². The lowest BCUT2D eigenvalue weighted by atomic mass is 9.93. The van der Waals surface area contributed by atoms with Gasteiger partial charge in [0, 0.05) is 16.0 Å². The Hall–Kier alpha value is -2.44. The van der Waals surface area contributed by atoms with Crippen molar-refractivity contribution >= 4 is 27.9 Å². The molecule has 0 amide bonds. The van der Waals surface area contributed by atoms with E-state index in [1.807, 2.05) is 0 Å². The summed E-state index contributed by atoms with van der Waals surface area (Å²) in [5.41, 5.74) is -2.01. The standard InChI is InChI=1S/C21H21F3N2O5S/c1-9-17(19(29)18(28)13(8-27)31-9)25-10-4-5-11-12(7-10)26-20(30)15(14-3-2-6-32-14)16(11)21(22,23)24/h2-7,9,13,17-19,25,27-29H,8H2,1H3,(H,26,30). The highest BCUT2D eigenvalue weighted by molar-refractivity contribution is 7.13. The maximum absolute atomic E-state index is 14.0. The smallest absolute Gasteiger partial charge is 0.394 e. The number of H-pyrrole nitrogens is 1. The number of anilines is 1. The molecule has 32 heavy (non-hydrogen) atoms. The summed E-state index contributed by atoms with van der Waals surface area (Å²) >= 11 is 1.04. The lowest BCUT2D eigenvalue weighted by Gasteiger charge is -2.41. The van der Waals surface area contributed by atoms with Gasteiger partial charge in [-0.15, -0.1) is 11.3 Å². The van der Waals surface area contributed by atoms with E-state index < -0.39 is 59.9 Å². The molecule has 0 aliphatic carbocycles. The predicted octanol–water partition coefficient (Wildman–Crippen LogP) is 2.56. The maximum Gasteiger partial charge on any atom is 0.417 e. The lowest BCUT2D eigenvalue weighted by Crippen LogP contribution is -2.60. The lowest BCUT2D eigenvalue weighted by molar-refractivity contribution is -0.180. The molecule has 2 aromatic heterocycles. The minimum absolute atomic E-state index is 0.0275. The van der Waals surface area contributed by atoms with Gasteiger partial charge in [0.2, 0.25) is 0 Å². The number of thiophene rings is 1. The van der Waals surface area contributed by atoms with Crippen LogP contribution in [0, 0.1) is 0 Å². The Bertz CT molecular complexity index is 1160. The van der Waals surface area contributed by atoms with E-state index in [2.05, 4.69) is 10.3 Å². The number of hydrogen-bond acceptors (Lipinski definition) is 7. The highest BCUT2D eigenvalue weighted by Gasteiger charge is 2.42. The van der Waals surface area contributed by atoms with Gasteiger partial charge < -0.3 is 30.4 Å². The minimum atomic E-state index is -4.76. The largest absolute Gasteiger partial charge is 0.417 e. The van der Waals surface area contributed by atoms with E-state index in [-0.39, 0.29) is 15.8 Å². The zero-order valence-corrected chi connectivity index (χ0v) is 17.6. The summed E-state index contributed by atoms with van der Waals surface area (Å²) in [7, 11) is 0. The highest BCUT2D eigenvalue weighted by atomic mass is 32.1. The number of aromatic amines is 1. The third-order valence-electron chi connectivity index (χ3n) is 5.57. The molecule has 3 aromatic rings. The van der Waals surface area contributed by atoms with Crippen molar-refractivity contribution in [3.63, 3.8) is 0 Å². The number of aliphatic hydroxyl groups is 3. The number of halogens is 3. The summed E-state index contributed by atoms with van der Waals surface area (Å²) in [4.78, 5) is 15.4. The molecule has 0 saturated carbocycles. The monoisotopic (exact) mass is 470 g/mol. The molecule has 5 N–H and O–H groups in total. The van der Waals surface area contributed by atoms with Crippen LogP contribution >= 0.6 is 11.3 Å². The van der Waals surface area contributed by atoms with E-state index in [9.17, 15) is 33.3 Å². The van der Waals surface area contributed by atoms with Crippen LogP contribution in [-0.2, 0) is 10.9 Å². The van der Waals surface area contributed by atoms with Gasteiger partial charge in [0.15, 0.2) is 0 Å². The first kappa shape index (κ1) is 22.7. The van der Waals surface area contributed by atoms with Gasteiger partial charge in [-0.2, -0.15) is 13.2 Å². The number of alkyl halides is 3. The molecule has 5 unspecified atom stereocenters. The average Bonchev–Trinajstić information content (AvgIpc) is 3.26. The molecule has 1 aliphatic rings. The van der Waals surface area contributed by atoms with Crippen LogP contribution in [0.15, 0.2) is 40.5 Å². The van der Waals surface area contributed by atoms with Crippen molar-refractivity contribution in [2.45, 2.75) is 43.6 Å². The van der Waals surface area contributed by atoms with Gasteiger partial charge in [0.25, 0.3) is 5.56 Å². The molecule has 0 spiro atoms. The van der Waals surface area contributed by atoms with Crippen LogP contribution in [0.25, 0.3) is 21.3 Å². The molecule has 4 rings (SSSR count). The van der Waals surface area contributed by atoms with E-state index >= 15 is 0 Å². The molecule has 1 fully saturated rings. The first-order valence-electron chi connectivity index (χ1n) is 9.82. The number of rotatable bonds is 4. The molecule has 1 saturated heterocycles. The van der Waals surface area contributed by atoms with Gasteiger partial charge in [-0.25, -0.2) is 0 Å². The van der Waals surface area contributed by atoms with Crippen molar-refractivity contribution in [1.82, 2.24) is 4.98 Å². The summed E-state index contributed by atoms with van der Waals surface area (Å²) in [5, 5.41) is 34.2. The first-order valence-corrected chi connectivity index (χ1v) is 10.7. The molecule has 172 valence electrons. The number of benzene rings is 1. The number of hydrogen-bond donors (Lipinski definition) is 5. The van der Waals surface area contributed by atoms with Crippen LogP contribution in [0.3, 0.4) is 0 Å². The molecule has 0 radical (unpaired) electrons. The van der Waals surface area contributed by atoms with Crippen LogP contribution in [0.4, 0.5) is 18.9 Å². The van der Waals surface area contributed by atoms with Crippen molar-refractivity contribution in [3.8, 4) is 10.4 Å². The summed E-state index contributed by atoms with van der Waals surface area (Å²) < 4.78 is 47.4. The number of nitrogens with one attached hydrogen (secondary N) is 2. The maximum atomic E-state index is 14.0. The number of fused-ring (bicyclic) bond motifs is 1. The summed E-state index contributed by atoms with van der Waals surface area (Å²) in [5.74, 6) is 0. The van der Waals surface area contributed by atoms with Gasteiger partial charge >= 0.3 is 6.18 Å². The molecule has 3 heterocycles. The normalized spacial score (nSPS) is 26.4. The molecule has 11 heteroatoms. The van der Waals surface area contributed by atoms with Crippen LogP contribution < -0.4 is 10.9 Å². The van der Waals surface area contributed by atoms with Gasteiger partial charge in [0.1, 0.15) is 18.3 Å². The van der Waals surface area contributed by atoms with Crippen molar-refractivity contribution in [2.24, 2.45) is 0 Å². The number of pyridine rings is 1. The molecule has 5 atom stereocenters. The van der Waals surface area contributed by atoms with Gasteiger partial charge in [0.05, 0.1) is 35.4 Å². The van der Waals surface area contributed by atoms with E-state index in [0.29, 0.717) is 5.69 Å². The van der Waals surface area contributed by atoms with E-state index in [1.165, 1.54) is 24.3 Å². The second kappa shape index (κ2) is 8.49. The molecule has 7 nitrogen and oxygen atoms in total. The van der Waals surface area contributed by atoms with Crippen LogP contribution in [-0.4, -0.2) is 57.4 Å². The van der Waals surface area contributed by atoms with E-state index in [4.69, 9.17) is 4.74 Å². The summed E-state index contributed by atoms with van der Waals surface area (Å²) in [6, 6.07) is 6.23. The van der Waals surface area contributed by atoms with Gasteiger partial charge in [-0.1, -0.05) is 12.1 Å². The molecular formula is C21H21F3N2O5S. The fourth-order valence-electron chi connectivity index (χ4n) is 4.04. The van der Waals surface area contributed by atoms with Crippen LogP contribution in [0.2, 0.25) is 0 Å². The number of ether oxygens (including phenoxy) is 1. The molecule has 1 aromatic carbocycles. The first-order chi connectivity index (χ1) is 15.1. The Kier molecular flexibility index (Phi) is 6.03. The average molecular weight is 470 g/mol. The van der Waals surface area contributed by atoms with E-state index in [0.717, 1.165) is 11.3 Å². The fourth-order valence-corrected chi connectivity index (χ4v) is 4.81. The van der Waals surface area contributed by atoms with Crippen LogP contribution in [0.1, 0.15) is 12.5 Å². The van der Waals surface area contributed by atoms with Crippen molar-refractivity contribution in [2.75, 3.05) is 11.9 Å². The Morgan fingerprint density at radius 1 is 1.22 bits per heavy atom. The Morgan fingerprint density at radius 3 is 2.59 bits per heavy atom. The van der Waals surface area contributed by atoms with Gasteiger partial charge in [-0.05, 0) is 30.5 Å². The predicted molar refractivity (Wildman–Crippen MR) is 114 cm³/mol. The van der Waals surface area contributed by atoms with Gasteiger partial charge in [-0.3, -0.25) is 4.79 Å². The quantitative estimate of drug-likeness (QED) is 0.401. The second-order valence-electron chi connectivity index (χ2n) is 7.65. The fraction of sp³-hybridized carbons (Fsp3) is 0.381. The van der Waals surface area contributed by atoms with Crippen molar-refractivity contribution < 1.29 is 33.2 Å². The molecular weight excluding hydrogens is 449 g/mol. The number of aromatic nitrogens is 1. The Morgan fingerprint density at radius 2 is 1.97 bits per heavy atom. The zero-order chi connectivity index (χ0) is 23.2. The SMILES string of the molecule is CC1OC(CO)C(O)C(O)C1Nc1ccc2c(C(F)(F)F)c(-c3cccs3)c(=O)[nH]c2c1. The van der Waals surface area contributed by atoms with Crippen LogP contribution in [0.5, 0.6) is 0 Å². The molecule has 0 bridgehead atoms. The van der Waals surface area contributed by atoms with Crippen molar-refractivity contribution in [1.29, 1.82) is 0 Å². The third kappa shape index (κ3) is 4.02. The third-order valence-corrected chi connectivity index (χ3v) is 6.46. The highest BCUT2D eigenvalue weighted by Crippen LogP contribution is 2.41. The number of aliphatic hydroxyl groups excluding tert-OH is 3. The minimum Gasteiger partial charge on any atom is -0.394 e. The van der Waals surface area contributed by atoms with E-state index in [1.54, 1.807) is 18.4 Å². The topological polar surface area (TPSA) is 115 Å². The molecule has 1 aliphatic heterocycles. The summed E-state index contributed by atoms with van der Waals surface area (Å²) in [6.45, 7) is 1.16. The zero-order valence-electron chi connectivity index (χ0n) is 16.8. The van der Waals surface area contributed by atoms with Crippen molar-refractivity contribution in [3.05, 3.63) is 51.6 Å². The Balaban J connectivity index is 1.76. The summed E-state index contributed by atoms with van der Waals surface area (Å²) in [6.07, 6.45) is -8.97. The second-order valence-corrected chi connectivity index (χ2v) is 8.60.